The van der Waals surface area contributed by atoms with Gasteiger partial charge in [-0.2, -0.15) is 0 Å². The first-order chi connectivity index (χ1) is 14.5. The lowest BCUT2D eigenvalue weighted by atomic mass is 10.0. The van der Waals surface area contributed by atoms with Gasteiger partial charge in [-0.25, -0.2) is 9.37 Å². The van der Waals surface area contributed by atoms with E-state index in [4.69, 9.17) is 4.74 Å². The number of methoxy groups -OCH3 is 1. The third-order valence-electron chi connectivity index (χ3n) is 5.76. The summed E-state index contributed by atoms with van der Waals surface area (Å²) in [6.45, 7) is 4.20. The van der Waals surface area contributed by atoms with Crippen LogP contribution in [0.15, 0.2) is 54.7 Å². The number of benzene rings is 2. The van der Waals surface area contributed by atoms with Gasteiger partial charge < -0.3 is 14.2 Å². The quantitative estimate of drug-likeness (QED) is 0.618. The molecule has 156 valence electrons. The molecule has 2 aromatic carbocycles. The summed E-state index contributed by atoms with van der Waals surface area (Å²) in [6.07, 6.45) is 3.65. The summed E-state index contributed by atoms with van der Waals surface area (Å²) in [5.74, 6) is 0.881. The van der Waals surface area contributed by atoms with E-state index in [0.717, 1.165) is 30.9 Å². The number of imidazole rings is 1. The normalized spacial score (nSPS) is 16.1. The number of hydrogen-bond donors (Lipinski definition) is 0. The lowest BCUT2D eigenvalue weighted by Gasteiger charge is -2.17. The maximum absolute atomic E-state index is 14.0. The molecule has 1 atom stereocenters. The Kier molecular flexibility index (Phi) is 5.84. The fourth-order valence-corrected chi connectivity index (χ4v) is 4.08. The third kappa shape index (κ3) is 4.22. The van der Waals surface area contributed by atoms with Crippen LogP contribution in [0.2, 0.25) is 0 Å². The van der Waals surface area contributed by atoms with E-state index in [-0.39, 0.29) is 11.7 Å². The highest BCUT2D eigenvalue weighted by Gasteiger charge is 2.28. The van der Waals surface area contributed by atoms with Crippen LogP contribution in [0, 0.1) is 18.7 Å². The molecule has 1 unspecified atom stereocenters. The Bertz CT molecular complexity index is 1030. The maximum atomic E-state index is 14.0. The number of carbonyl (C=O) groups is 1. The molecule has 2 heterocycles. The number of halogens is 1. The predicted octanol–water partition coefficient (Wildman–Crippen LogP) is 4.09. The highest BCUT2D eigenvalue weighted by atomic mass is 19.1. The number of aryl methyl sites for hydroxylation is 1. The lowest BCUT2D eigenvalue weighted by molar-refractivity contribution is 0.0786. The maximum Gasteiger partial charge on any atom is 0.253 e. The van der Waals surface area contributed by atoms with Crippen molar-refractivity contribution in [3.8, 4) is 5.75 Å². The molecule has 1 fully saturated rings. The molecule has 1 saturated heterocycles. The van der Waals surface area contributed by atoms with Crippen LogP contribution in [0.3, 0.4) is 0 Å². The summed E-state index contributed by atoms with van der Waals surface area (Å²) in [4.78, 5) is 19.2. The minimum absolute atomic E-state index is 0.136. The number of rotatable bonds is 6. The summed E-state index contributed by atoms with van der Waals surface area (Å²) < 4.78 is 21.2. The molecule has 0 bridgehead atoms. The van der Waals surface area contributed by atoms with Gasteiger partial charge in [0.1, 0.15) is 5.82 Å². The average molecular weight is 407 g/mol. The molecule has 30 heavy (non-hydrogen) atoms. The molecular weight excluding hydrogens is 381 g/mol. The lowest BCUT2D eigenvalue weighted by Crippen LogP contribution is -2.29. The summed E-state index contributed by atoms with van der Waals surface area (Å²) in [6, 6.07) is 14.7. The summed E-state index contributed by atoms with van der Waals surface area (Å²) in [5, 5.41) is 0. The van der Waals surface area contributed by atoms with Crippen molar-refractivity contribution in [3.63, 3.8) is 0 Å². The standard InChI is InChI=1S/C24H26FN3O2/c1-17-14-26-23(28(17)16-18-6-4-3-5-7-18)12-19-10-11-27(15-19)24(29)20-8-9-22(30-2)21(25)13-20/h3-9,13-14,19H,10-12,15-16H2,1-2H3. The second kappa shape index (κ2) is 8.69. The molecule has 5 nitrogen and oxygen atoms in total. The second-order valence-electron chi connectivity index (χ2n) is 7.85. The first-order valence-electron chi connectivity index (χ1n) is 10.2. The van der Waals surface area contributed by atoms with Crippen molar-refractivity contribution in [3.05, 3.63) is 83.2 Å². The van der Waals surface area contributed by atoms with Gasteiger partial charge in [0.05, 0.1) is 7.11 Å². The first kappa shape index (κ1) is 20.1. The largest absolute Gasteiger partial charge is 0.494 e. The number of likely N-dealkylation sites (tertiary alicyclic amines) is 1. The van der Waals surface area contributed by atoms with Crippen molar-refractivity contribution < 1.29 is 13.9 Å². The molecule has 3 aromatic rings. The van der Waals surface area contributed by atoms with Crippen LogP contribution < -0.4 is 4.74 Å². The molecule has 0 N–H and O–H groups in total. The minimum atomic E-state index is -0.516. The minimum Gasteiger partial charge on any atom is -0.494 e. The Morgan fingerprint density at radius 1 is 1.23 bits per heavy atom. The monoisotopic (exact) mass is 407 g/mol. The number of aromatic nitrogens is 2. The van der Waals surface area contributed by atoms with E-state index < -0.39 is 5.82 Å². The number of amides is 1. The van der Waals surface area contributed by atoms with Gasteiger partial charge in [-0.05, 0) is 43.0 Å². The van der Waals surface area contributed by atoms with Crippen molar-refractivity contribution in [2.45, 2.75) is 26.3 Å². The van der Waals surface area contributed by atoms with E-state index in [1.165, 1.54) is 24.8 Å². The van der Waals surface area contributed by atoms with Crippen molar-refractivity contribution in [1.82, 2.24) is 14.5 Å². The van der Waals surface area contributed by atoms with Crippen LogP contribution >= 0.6 is 0 Å². The Balaban J connectivity index is 1.42. The van der Waals surface area contributed by atoms with E-state index >= 15 is 0 Å². The van der Waals surface area contributed by atoms with E-state index in [0.29, 0.717) is 24.6 Å². The van der Waals surface area contributed by atoms with Gasteiger partial charge in [-0.15, -0.1) is 0 Å². The topological polar surface area (TPSA) is 47.4 Å². The van der Waals surface area contributed by atoms with E-state index in [1.54, 1.807) is 6.07 Å². The fourth-order valence-electron chi connectivity index (χ4n) is 4.08. The van der Waals surface area contributed by atoms with Crippen molar-refractivity contribution in [2.24, 2.45) is 5.92 Å². The summed E-state index contributed by atoms with van der Waals surface area (Å²) >= 11 is 0. The second-order valence-corrected chi connectivity index (χ2v) is 7.85. The van der Waals surface area contributed by atoms with Crippen LogP contribution in [0.1, 0.15) is 33.9 Å². The van der Waals surface area contributed by atoms with Gasteiger partial charge in [0.25, 0.3) is 5.91 Å². The predicted molar refractivity (Wildman–Crippen MR) is 113 cm³/mol. The van der Waals surface area contributed by atoms with Crippen molar-refractivity contribution in [2.75, 3.05) is 20.2 Å². The molecule has 1 aliphatic heterocycles. The molecule has 1 aliphatic rings. The molecule has 1 aromatic heterocycles. The van der Waals surface area contributed by atoms with Crippen molar-refractivity contribution in [1.29, 1.82) is 0 Å². The highest BCUT2D eigenvalue weighted by Crippen LogP contribution is 2.25. The van der Waals surface area contributed by atoms with E-state index in [1.807, 2.05) is 29.3 Å². The molecule has 4 rings (SSSR count). The molecule has 0 saturated carbocycles. The molecular formula is C24H26FN3O2. The van der Waals surface area contributed by atoms with Crippen LogP contribution in [-0.2, 0) is 13.0 Å². The molecule has 1 amide bonds. The van der Waals surface area contributed by atoms with Gasteiger partial charge in [-0.3, -0.25) is 4.79 Å². The Morgan fingerprint density at radius 3 is 2.77 bits per heavy atom. The van der Waals surface area contributed by atoms with Gasteiger partial charge in [-0.1, -0.05) is 30.3 Å². The Morgan fingerprint density at radius 2 is 2.03 bits per heavy atom. The number of ether oxygens (including phenoxy) is 1. The SMILES string of the molecule is COc1ccc(C(=O)N2CCC(Cc3ncc(C)n3Cc3ccccc3)C2)cc1F. The molecule has 0 aliphatic carbocycles. The van der Waals surface area contributed by atoms with Crippen molar-refractivity contribution >= 4 is 5.91 Å². The number of nitrogens with zero attached hydrogens (tertiary/aromatic N) is 3. The number of carbonyl (C=O) groups excluding carboxylic acids is 1. The molecule has 0 spiro atoms. The van der Waals surface area contributed by atoms with Crippen LogP contribution in [0.25, 0.3) is 0 Å². The van der Waals surface area contributed by atoms with Gasteiger partial charge in [0, 0.05) is 43.5 Å². The van der Waals surface area contributed by atoms with Crippen LogP contribution in [-0.4, -0.2) is 40.6 Å². The number of hydrogen-bond acceptors (Lipinski definition) is 3. The van der Waals surface area contributed by atoms with Gasteiger partial charge >= 0.3 is 0 Å². The van der Waals surface area contributed by atoms with E-state index in [2.05, 4.69) is 28.6 Å². The van der Waals surface area contributed by atoms with Gasteiger partial charge in [0.2, 0.25) is 0 Å². The first-order valence-corrected chi connectivity index (χ1v) is 10.2. The zero-order valence-electron chi connectivity index (χ0n) is 17.3. The third-order valence-corrected chi connectivity index (χ3v) is 5.76. The van der Waals surface area contributed by atoms with Gasteiger partial charge in [0.15, 0.2) is 11.6 Å². The molecule has 0 radical (unpaired) electrons. The zero-order valence-corrected chi connectivity index (χ0v) is 17.3. The van der Waals surface area contributed by atoms with Crippen LogP contribution in [0.4, 0.5) is 4.39 Å². The Labute approximate surface area is 176 Å². The Hall–Kier alpha value is -3.15. The highest BCUT2D eigenvalue weighted by molar-refractivity contribution is 5.94. The fraction of sp³-hybridized carbons (Fsp3) is 0.333. The summed E-state index contributed by atoms with van der Waals surface area (Å²) in [5.41, 5.74) is 2.73. The average Bonchev–Trinajstić information content (AvgIpc) is 3.36. The summed E-state index contributed by atoms with van der Waals surface area (Å²) in [7, 11) is 1.41. The zero-order chi connectivity index (χ0) is 21.1. The smallest absolute Gasteiger partial charge is 0.253 e. The molecule has 6 heteroatoms. The van der Waals surface area contributed by atoms with E-state index in [9.17, 15) is 9.18 Å². The van der Waals surface area contributed by atoms with Crippen LogP contribution in [0.5, 0.6) is 5.75 Å².